The molecule has 0 aromatic heterocycles. The topological polar surface area (TPSA) is 49.7 Å². The summed E-state index contributed by atoms with van der Waals surface area (Å²) in [5.41, 5.74) is 3.72. The van der Waals surface area contributed by atoms with Crippen LogP contribution in [-0.2, 0) is 4.74 Å². The molecule has 3 heteroatoms. The lowest BCUT2D eigenvalue weighted by Gasteiger charge is -2.50. The summed E-state index contributed by atoms with van der Waals surface area (Å²) >= 11 is 0. The Kier molecular flexibility index (Phi) is 8.40. The molecule has 0 amide bonds. The zero-order chi connectivity index (χ0) is 22.6. The first-order valence-corrected chi connectivity index (χ1v) is 12.4. The largest absolute Gasteiger partial charge is 0.393 e. The van der Waals surface area contributed by atoms with E-state index >= 15 is 0 Å². The Morgan fingerprint density at radius 1 is 1.19 bits per heavy atom. The second-order valence-electron chi connectivity index (χ2n) is 10.5. The van der Waals surface area contributed by atoms with Gasteiger partial charge in [-0.15, -0.1) is 0 Å². The van der Waals surface area contributed by atoms with E-state index in [-0.39, 0.29) is 0 Å². The van der Waals surface area contributed by atoms with E-state index in [2.05, 4.69) is 51.7 Å². The first-order valence-electron chi connectivity index (χ1n) is 12.4. The van der Waals surface area contributed by atoms with Crippen LogP contribution in [0.15, 0.2) is 47.6 Å². The van der Waals surface area contributed by atoms with Crippen molar-refractivity contribution in [2.45, 2.75) is 84.8 Å². The normalized spacial score (nSPS) is 37.8. The van der Waals surface area contributed by atoms with Crippen LogP contribution in [0.3, 0.4) is 0 Å². The molecule has 0 aliphatic heterocycles. The Balaban J connectivity index is 1.81. The molecule has 0 aromatic carbocycles. The van der Waals surface area contributed by atoms with E-state index in [0.29, 0.717) is 48.5 Å². The third-order valence-corrected chi connectivity index (χ3v) is 8.48. The van der Waals surface area contributed by atoms with Gasteiger partial charge in [0.25, 0.3) is 0 Å². The molecule has 3 rings (SSSR count). The summed E-state index contributed by atoms with van der Waals surface area (Å²) in [6.07, 6.45) is 14.8. The Bertz CT molecular complexity index is 716. The fourth-order valence-electron chi connectivity index (χ4n) is 6.94. The van der Waals surface area contributed by atoms with Gasteiger partial charge in [-0.25, -0.2) is 0 Å². The van der Waals surface area contributed by atoms with Crippen LogP contribution >= 0.6 is 0 Å². The Morgan fingerprint density at radius 3 is 2.68 bits per heavy atom. The maximum Gasteiger partial charge on any atom is 0.0811 e. The fraction of sp³-hybridized carbons (Fsp3) is 0.714. The van der Waals surface area contributed by atoms with Crippen molar-refractivity contribution in [2.75, 3.05) is 13.2 Å². The van der Waals surface area contributed by atoms with Gasteiger partial charge in [0.05, 0.1) is 18.8 Å². The van der Waals surface area contributed by atoms with Gasteiger partial charge in [-0.2, -0.15) is 0 Å². The summed E-state index contributed by atoms with van der Waals surface area (Å²) in [5, 5.41) is 20.3. The summed E-state index contributed by atoms with van der Waals surface area (Å²) in [4.78, 5) is 0. The maximum absolute atomic E-state index is 10.2. The standard InChI is InChI=1S/C28H44O3/c1-6-7-15-31-18-20(4)25-12-13-26-22(9-8-14-28(25,26)19(2)3)10-11-23-16-24(29)17-27(30)21(23)5/h6-7,10-11,19-20,24-27,29-30H,5,8-9,12-18H2,1-4H3/b7-6+,22-10+,23-11-/t20-,24-,25-,26+,27+,28+/m1/s1. The molecule has 3 aliphatic rings. The number of aliphatic hydroxyl groups excluding tert-OH is 2. The van der Waals surface area contributed by atoms with Crippen molar-refractivity contribution in [1.82, 2.24) is 0 Å². The summed E-state index contributed by atoms with van der Waals surface area (Å²) in [6.45, 7) is 14.9. The minimum absolute atomic E-state index is 0.356. The van der Waals surface area contributed by atoms with Crippen molar-refractivity contribution in [3.63, 3.8) is 0 Å². The highest BCUT2D eigenvalue weighted by atomic mass is 16.5. The first kappa shape index (κ1) is 24.5. The Morgan fingerprint density at radius 2 is 1.97 bits per heavy atom. The smallest absolute Gasteiger partial charge is 0.0811 e. The number of ether oxygens (including phenoxy) is 1. The van der Waals surface area contributed by atoms with E-state index in [9.17, 15) is 10.2 Å². The lowest BCUT2D eigenvalue weighted by Crippen LogP contribution is -2.43. The van der Waals surface area contributed by atoms with Gasteiger partial charge >= 0.3 is 0 Å². The van der Waals surface area contributed by atoms with Crippen LogP contribution in [0.4, 0.5) is 0 Å². The molecule has 3 saturated carbocycles. The van der Waals surface area contributed by atoms with Crippen LogP contribution in [0.1, 0.15) is 72.6 Å². The highest BCUT2D eigenvalue weighted by Gasteiger charge is 2.55. The van der Waals surface area contributed by atoms with Gasteiger partial charge in [0.15, 0.2) is 0 Å². The van der Waals surface area contributed by atoms with E-state index < -0.39 is 12.2 Å². The number of allylic oxidation sites excluding steroid dienone is 4. The second kappa shape index (κ2) is 10.6. The number of hydrogen-bond acceptors (Lipinski definition) is 3. The van der Waals surface area contributed by atoms with Crippen molar-refractivity contribution in [3.05, 3.63) is 47.6 Å². The van der Waals surface area contributed by atoms with E-state index in [1.54, 1.807) is 5.57 Å². The summed E-state index contributed by atoms with van der Waals surface area (Å²) in [6, 6.07) is 0. The zero-order valence-electron chi connectivity index (χ0n) is 20.1. The second-order valence-corrected chi connectivity index (χ2v) is 10.5. The molecule has 0 aromatic rings. The molecule has 3 fully saturated rings. The quantitative estimate of drug-likeness (QED) is 0.387. The molecule has 0 unspecified atom stereocenters. The Labute approximate surface area is 190 Å². The van der Waals surface area contributed by atoms with E-state index in [4.69, 9.17) is 4.74 Å². The van der Waals surface area contributed by atoms with E-state index in [0.717, 1.165) is 17.8 Å². The number of fused-ring (bicyclic) bond motifs is 1. The van der Waals surface area contributed by atoms with Crippen molar-refractivity contribution >= 4 is 0 Å². The van der Waals surface area contributed by atoms with Gasteiger partial charge in [0.1, 0.15) is 0 Å². The van der Waals surface area contributed by atoms with Gasteiger partial charge in [-0.3, -0.25) is 0 Å². The van der Waals surface area contributed by atoms with Crippen LogP contribution in [0.5, 0.6) is 0 Å². The summed E-state index contributed by atoms with van der Waals surface area (Å²) in [7, 11) is 0. The molecule has 31 heavy (non-hydrogen) atoms. The minimum atomic E-state index is -0.617. The highest BCUT2D eigenvalue weighted by Crippen LogP contribution is 2.63. The predicted molar refractivity (Wildman–Crippen MR) is 129 cm³/mol. The molecule has 0 bridgehead atoms. The lowest BCUT2D eigenvalue weighted by atomic mass is 9.55. The van der Waals surface area contributed by atoms with Gasteiger partial charge in [-0.1, -0.05) is 57.2 Å². The summed E-state index contributed by atoms with van der Waals surface area (Å²) in [5.74, 6) is 2.55. The predicted octanol–water partition coefficient (Wildman–Crippen LogP) is 5.99. The van der Waals surface area contributed by atoms with Crippen LogP contribution in [-0.4, -0.2) is 35.6 Å². The minimum Gasteiger partial charge on any atom is -0.393 e. The third kappa shape index (κ3) is 5.10. The first-order chi connectivity index (χ1) is 14.8. The average molecular weight is 429 g/mol. The van der Waals surface area contributed by atoms with Crippen LogP contribution in [0.25, 0.3) is 0 Å². The molecule has 174 valence electrons. The molecule has 2 N–H and O–H groups in total. The number of aliphatic hydroxyl groups is 2. The van der Waals surface area contributed by atoms with Crippen molar-refractivity contribution in [3.8, 4) is 0 Å². The number of rotatable bonds is 7. The molecule has 3 nitrogen and oxygen atoms in total. The van der Waals surface area contributed by atoms with Gasteiger partial charge < -0.3 is 14.9 Å². The molecule has 0 saturated heterocycles. The Hall–Kier alpha value is -1.16. The van der Waals surface area contributed by atoms with Gasteiger partial charge in [-0.05, 0) is 85.7 Å². The van der Waals surface area contributed by atoms with Crippen LogP contribution in [0, 0.1) is 29.1 Å². The van der Waals surface area contributed by atoms with E-state index in [1.165, 1.54) is 32.1 Å². The molecular formula is C28H44O3. The number of hydrogen-bond donors (Lipinski definition) is 2. The fourth-order valence-corrected chi connectivity index (χ4v) is 6.94. The molecule has 0 heterocycles. The van der Waals surface area contributed by atoms with Gasteiger partial charge in [0.2, 0.25) is 0 Å². The maximum atomic E-state index is 10.2. The molecule has 0 spiro atoms. The molecule has 6 atom stereocenters. The third-order valence-electron chi connectivity index (χ3n) is 8.48. The van der Waals surface area contributed by atoms with Crippen LogP contribution < -0.4 is 0 Å². The van der Waals surface area contributed by atoms with Crippen molar-refractivity contribution in [2.24, 2.45) is 29.1 Å². The zero-order valence-corrected chi connectivity index (χ0v) is 20.1. The average Bonchev–Trinajstić information content (AvgIpc) is 3.14. The molecule has 3 aliphatic carbocycles. The van der Waals surface area contributed by atoms with Crippen molar-refractivity contribution < 1.29 is 14.9 Å². The SMILES string of the molecule is C=C1/C(=C\C=C2/CCC[C@]3(C(C)C)[C@@H]([C@H](C)COC/C=C/C)CC[C@@H]23)C[C@@H](O)C[C@@H]1O. The van der Waals surface area contributed by atoms with Crippen molar-refractivity contribution in [1.29, 1.82) is 0 Å². The highest BCUT2D eigenvalue weighted by molar-refractivity contribution is 5.38. The van der Waals surface area contributed by atoms with E-state index in [1.807, 2.05) is 6.92 Å². The lowest BCUT2D eigenvalue weighted by molar-refractivity contribution is -0.00283. The molecule has 0 radical (unpaired) electrons. The van der Waals surface area contributed by atoms with Gasteiger partial charge in [0, 0.05) is 13.0 Å². The molecular weight excluding hydrogens is 384 g/mol. The summed E-state index contributed by atoms with van der Waals surface area (Å²) < 4.78 is 5.97. The monoisotopic (exact) mass is 428 g/mol. The van der Waals surface area contributed by atoms with Crippen LogP contribution in [0.2, 0.25) is 0 Å².